The molecule has 0 aliphatic heterocycles. The lowest BCUT2D eigenvalue weighted by atomic mass is 10.2. The van der Waals surface area contributed by atoms with E-state index in [4.69, 9.17) is 10.5 Å². The zero-order chi connectivity index (χ0) is 19.9. The van der Waals surface area contributed by atoms with E-state index in [9.17, 15) is 0 Å². The molecule has 0 saturated carbocycles. The van der Waals surface area contributed by atoms with E-state index in [1.54, 1.807) is 12.4 Å². The summed E-state index contributed by atoms with van der Waals surface area (Å²) in [7, 11) is 0. The topological polar surface area (TPSA) is 98.0 Å². The van der Waals surface area contributed by atoms with Crippen molar-refractivity contribution in [2.24, 2.45) is 0 Å². The maximum absolute atomic E-state index is 6.24. The number of hydrogen-bond acceptors (Lipinski definition) is 7. The number of hydrogen-bond donors (Lipinski definition) is 3. The number of anilines is 4. The molecule has 2 aromatic carbocycles. The van der Waals surface area contributed by atoms with E-state index >= 15 is 0 Å². The third-order valence-electron chi connectivity index (χ3n) is 4.16. The lowest BCUT2D eigenvalue weighted by molar-refractivity contribution is 0.483. The molecule has 0 spiro atoms. The summed E-state index contributed by atoms with van der Waals surface area (Å²) in [5.41, 5.74) is 8.56. The molecule has 0 atom stereocenters. The molecule has 0 aliphatic rings. The van der Waals surface area contributed by atoms with Crippen LogP contribution < -0.4 is 21.1 Å². The Morgan fingerprint density at radius 3 is 2.34 bits per heavy atom. The summed E-state index contributed by atoms with van der Waals surface area (Å²) in [6.45, 7) is 0.569. The summed E-state index contributed by atoms with van der Waals surface area (Å²) >= 11 is 0. The second-order valence-corrected chi connectivity index (χ2v) is 6.26. The normalized spacial score (nSPS) is 10.3. The molecule has 0 bridgehead atoms. The van der Waals surface area contributed by atoms with Crippen LogP contribution in [0.4, 0.5) is 23.0 Å². The Kier molecular flexibility index (Phi) is 5.48. The maximum atomic E-state index is 6.24. The van der Waals surface area contributed by atoms with Crippen molar-refractivity contribution in [1.29, 1.82) is 0 Å². The van der Waals surface area contributed by atoms with Crippen molar-refractivity contribution < 1.29 is 4.74 Å². The van der Waals surface area contributed by atoms with Gasteiger partial charge in [-0.25, -0.2) is 9.97 Å². The highest BCUT2D eigenvalue weighted by atomic mass is 16.5. The lowest BCUT2D eigenvalue weighted by Gasteiger charge is -2.13. The van der Waals surface area contributed by atoms with E-state index in [-0.39, 0.29) is 0 Å². The average molecular weight is 384 g/mol. The fourth-order valence-electron chi connectivity index (χ4n) is 2.69. The van der Waals surface area contributed by atoms with E-state index in [1.165, 1.54) is 6.33 Å². The Morgan fingerprint density at radius 2 is 1.59 bits per heavy atom. The van der Waals surface area contributed by atoms with Gasteiger partial charge in [0.05, 0.1) is 0 Å². The molecular formula is C22H20N6O. The van der Waals surface area contributed by atoms with Crippen molar-refractivity contribution >= 4 is 23.0 Å². The van der Waals surface area contributed by atoms with Crippen LogP contribution in [0.1, 0.15) is 5.56 Å². The third-order valence-corrected chi connectivity index (χ3v) is 4.16. The van der Waals surface area contributed by atoms with E-state index in [0.29, 0.717) is 23.9 Å². The summed E-state index contributed by atoms with van der Waals surface area (Å²) < 4.78 is 5.81. The number of benzene rings is 2. The number of nitrogens with one attached hydrogen (secondary N) is 2. The molecule has 2 heterocycles. The van der Waals surface area contributed by atoms with Crippen LogP contribution in [-0.2, 0) is 6.54 Å². The molecule has 4 N–H and O–H groups in total. The summed E-state index contributed by atoms with van der Waals surface area (Å²) in [6.07, 6.45) is 5.00. The van der Waals surface area contributed by atoms with Crippen LogP contribution in [0, 0.1) is 0 Å². The third kappa shape index (κ3) is 4.78. The van der Waals surface area contributed by atoms with Crippen molar-refractivity contribution in [3.05, 3.63) is 91.0 Å². The highest BCUT2D eigenvalue weighted by Crippen LogP contribution is 2.28. The van der Waals surface area contributed by atoms with E-state index in [0.717, 1.165) is 22.7 Å². The van der Waals surface area contributed by atoms with Crippen LogP contribution in [0.3, 0.4) is 0 Å². The molecule has 0 amide bonds. The monoisotopic (exact) mass is 384 g/mol. The molecule has 0 unspecified atom stereocenters. The standard InChI is InChI=1S/C22H20N6O/c23-20-21(25-14-16-5-4-12-24-13-16)26-15-27-22(20)28-17-8-10-19(11-9-17)29-18-6-2-1-3-7-18/h1-13,15H,14,23H2,(H2,25,26,27,28). The first-order valence-corrected chi connectivity index (χ1v) is 9.11. The second kappa shape index (κ2) is 8.71. The van der Waals surface area contributed by atoms with Crippen LogP contribution in [0.25, 0.3) is 0 Å². The molecule has 4 aromatic rings. The van der Waals surface area contributed by atoms with Gasteiger partial charge in [0.25, 0.3) is 0 Å². The molecular weight excluding hydrogens is 364 g/mol. The van der Waals surface area contributed by atoms with Crippen LogP contribution in [0.2, 0.25) is 0 Å². The van der Waals surface area contributed by atoms with Gasteiger partial charge in [-0.3, -0.25) is 4.98 Å². The van der Waals surface area contributed by atoms with Gasteiger partial charge >= 0.3 is 0 Å². The lowest BCUT2D eigenvalue weighted by Crippen LogP contribution is -2.08. The van der Waals surface area contributed by atoms with Gasteiger partial charge in [-0.1, -0.05) is 24.3 Å². The number of nitrogen functional groups attached to an aromatic ring is 1. The van der Waals surface area contributed by atoms with Crippen LogP contribution in [-0.4, -0.2) is 15.0 Å². The summed E-state index contributed by atoms with van der Waals surface area (Å²) in [5.74, 6) is 2.63. The summed E-state index contributed by atoms with van der Waals surface area (Å²) in [5, 5.41) is 6.43. The molecule has 4 rings (SSSR count). The fraction of sp³-hybridized carbons (Fsp3) is 0.0455. The molecule has 2 aromatic heterocycles. The van der Waals surface area contributed by atoms with Crippen molar-refractivity contribution in [3.8, 4) is 11.5 Å². The molecule has 0 aliphatic carbocycles. The van der Waals surface area contributed by atoms with Crippen LogP contribution in [0.15, 0.2) is 85.5 Å². The van der Waals surface area contributed by atoms with Crippen molar-refractivity contribution in [2.75, 3.05) is 16.4 Å². The quantitative estimate of drug-likeness (QED) is 0.428. The van der Waals surface area contributed by atoms with Crippen LogP contribution in [0.5, 0.6) is 11.5 Å². The number of nitrogens with zero attached hydrogens (tertiary/aromatic N) is 3. The Bertz CT molecular complexity index is 1060. The highest BCUT2D eigenvalue weighted by molar-refractivity contribution is 5.77. The van der Waals surface area contributed by atoms with Gasteiger partial charge in [0.2, 0.25) is 0 Å². The van der Waals surface area contributed by atoms with Gasteiger partial charge in [0.1, 0.15) is 23.5 Å². The highest BCUT2D eigenvalue weighted by Gasteiger charge is 2.08. The molecule has 0 fully saturated rings. The van der Waals surface area contributed by atoms with E-state index in [2.05, 4.69) is 25.6 Å². The summed E-state index contributed by atoms with van der Waals surface area (Å²) in [6, 6.07) is 21.1. The van der Waals surface area contributed by atoms with Gasteiger partial charge in [0, 0.05) is 24.6 Å². The Morgan fingerprint density at radius 1 is 0.828 bits per heavy atom. The summed E-state index contributed by atoms with van der Waals surface area (Å²) in [4.78, 5) is 12.6. The SMILES string of the molecule is Nc1c(NCc2cccnc2)ncnc1Nc1ccc(Oc2ccccc2)cc1. The second-order valence-electron chi connectivity index (χ2n) is 6.26. The number of rotatable bonds is 7. The molecule has 7 heteroatoms. The van der Waals surface area contributed by atoms with E-state index < -0.39 is 0 Å². The molecule has 7 nitrogen and oxygen atoms in total. The average Bonchev–Trinajstić information content (AvgIpc) is 2.77. The van der Waals surface area contributed by atoms with Crippen LogP contribution >= 0.6 is 0 Å². The number of ether oxygens (including phenoxy) is 1. The van der Waals surface area contributed by atoms with Gasteiger partial charge < -0.3 is 21.1 Å². The van der Waals surface area contributed by atoms with E-state index in [1.807, 2.05) is 66.7 Å². The predicted molar refractivity (Wildman–Crippen MR) is 114 cm³/mol. The zero-order valence-electron chi connectivity index (χ0n) is 15.6. The van der Waals surface area contributed by atoms with Crippen molar-refractivity contribution in [2.45, 2.75) is 6.54 Å². The first-order chi connectivity index (χ1) is 14.3. The van der Waals surface area contributed by atoms with Gasteiger partial charge in [-0.05, 0) is 48.0 Å². The zero-order valence-corrected chi connectivity index (χ0v) is 15.6. The Balaban J connectivity index is 1.42. The maximum Gasteiger partial charge on any atom is 0.159 e. The Hall–Kier alpha value is -4.13. The number of para-hydroxylation sites is 1. The number of pyridine rings is 1. The predicted octanol–water partition coefficient (Wildman–Crippen LogP) is 4.60. The molecule has 29 heavy (non-hydrogen) atoms. The number of nitrogens with two attached hydrogens (primary N) is 1. The molecule has 0 radical (unpaired) electrons. The van der Waals surface area contributed by atoms with Crippen molar-refractivity contribution in [3.63, 3.8) is 0 Å². The number of aromatic nitrogens is 3. The Labute approximate surface area is 168 Å². The minimum atomic E-state index is 0.445. The van der Waals surface area contributed by atoms with Gasteiger partial charge in [-0.15, -0.1) is 0 Å². The first kappa shape index (κ1) is 18.2. The first-order valence-electron chi connectivity index (χ1n) is 9.11. The molecule has 144 valence electrons. The smallest absolute Gasteiger partial charge is 0.159 e. The fourth-order valence-corrected chi connectivity index (χ4v) is 2.69. The van der Waals surface area contributed by atoms with Gasteiger partial charge in [-0.2, -0.15) is 0 Å². The minimum absolute atomic E-state index is 0.445. The molecule has 0 saturated heterocycles. The largest absolute Gasteiger partial charge is 0.457 e. The minimum Gasteiger partial charge on any atom is -0.457 e. The van der Waals surface area contributed by atoms with Gasteiger partial charge in [0.15, 0.2) is 11.6 Å². The van der Waals surface area contributed by atoms with Crippen molar-refractivity contribution in [1.82, 2.24) is 15.0 Å².